The SMILES string of the molecule is Cc1cc([C@@H](C)Nc2ccccc2-c2cscn2)c2oc(-c3cccnc3)c(C)c(=O)c2c1. The van der Waals surface area contributed by atoms with E-state index in [4.69, 9.17) is 4.42 Å². The smallest absolute Gasteiger partial charge is 0.196 e. The van der Waals surface area contributed by atoms with Gasteiger partial charge in [0.05, 0.1) is 22.6 Å². The summed E-state index contributed by atoms with van der Waals surface area (Å²) in [7, 11) is 0. The van der Waals surface area contributed by atoms with Crippen LogP contribution in [0.3, 0.4) is 0 Å². The molecule has 0 amide bonds. The number of anilines is 1. The molecule has 5 nitrogen and oxygen atoms in total. The standard InChI is InChI=1S/C27H23N3O2S/c1-16-11-21(18(3)30-23-9-5-4-8-20(23)24-14-33-15-29-24)27-22(12-16)25(31)17(2)26(32-27)19-7-6-10-28-13-19/h4-15,18,30H,1-3H3/t18-/m1/s1. The number of thiazole rings is 1. The number of aromatic nitrogens is 2. The fraction of sp³-hybridized carbons (Fsp3) is 0.148. The van der Waals surface area contributed by atoms with Crippen molar-refractivity contribution in [1.82, 2.24) is 9.97 Å². The quantitative estimate of drug-likeness (QED) is 0.318. The monoisotopic (exact) mass is 453 g/mol. The molecule has 0 saturated carbocycles. The average molecular weight is 454 g/mol. The van der Waals surface area contributed by atoms with Crippen LogP contribution in [0, 0.1) is 13.8 Å². The van der Waals surface area contributed by atoms with Gasteiger partial charge in [-0.15, -0.1) is 11.3 Å². The molecule has 1 atom stereocenters. The molecule has 0 unspecified atom stereocenters. The van der Waals surface area contributed by atoms with Gasteiger partial charge in [0.1, 0.15) is 11.3 Å². The van der Waals surface area contributed by atoms with Gasteiger partial charge in [0.2, 0.25) is 0 Å². The Morgan fingerprint density at radius 1 is 1.09 bits per heavy atom. The van der Waals surface area contributed by atoms with Crippen molar-refractivity contribution in [3.05, 3.63) is 98.7 Å². The molecule has 164 valence electrons. The average Bonchev–Trinajstić information content (AvgIpc) is 3.37. The number of pyridine rings is 1. The van der Waals surface area contributed by atoms with Gasteiger partial charge in [-0.25, -0.2) is 4.98 Å². The number of benzene rings is 2. The van der Waals surface area contributed by atoms with E-state index in [1.165, 1.54) is 0 Å². The summed E-state index contributed by atoms with van der Waals surface area (Å²) in [5.74, 6) is 0.556. The normalized spacial score (nSPS) is 12.1. The first-order valence-electron chi connectivity index (χ1n) is 10.8. The van der Waals surface area contributed by atoms with Crippen molar-refractivity contribution >= 4 is 28.0 Å². The summed E-state index contributed by atoms with van der Waals surface area (Å²) in [5, 5.41) is 6.25. The van der Waals surface area contributed by atoms with E-state index >= 15 is 0 Å². The lowest BCUT2D eigenvalue weighted by molar-refractivity contribution is 0.605. The van der Waals surface area contributed by atoms with Crippen molar-refractivity contribution in [2.75, 3.05) is 5.32 Å². The molecule has 6 heteroatoms. The summed E-state index contributed by atoms with van der Waals surface area (Å²) in [4.78, 5) is 22.0. The third-order valence-corrected chi connectivity index (χ3v) is 6.38. The summed E-state index contributed by atoms with van der Waals surface area (Å²) in [6.07, 6.45) is 3.43. The Morgan fingerprint density at radius 2 is 1.94 bits per heavy atom. The zero-order chi connectivity index (χ0) is 22.9. The molecule has 0 aliphatic heterocycles. The first-order chi connectivity index (χ1) is 16.0. The molecule has 0 radical (unpaired) electrons. The van der Waals surface area contributed by atoms with Crippen molar-refractivity contribution < 1.29 is 4.42 Å². The molecule has 2 aromatic carbocycles. The molecule has 0 bridgehead atoms. The molecule has 5 rings (SSSR count). The van der Waals surface area contributed by atoms with Gasteiger partial charge in [-0.3, -0.25) is 9.78 Å². The maximum absolute atomic E-state index is 13.3. The van der Waals surface area contributed by atoms with Crippen LogP contribution in [0.5, 0.6) is 0 Å². The second-order valence-corrected chi connectivity index (χ2v) is 8.86. The van der Waals surface area contributed by atoms with Crippen LogP contribution in [-0.2, 0) is 0 Å². The van der Waals surface area contributed by atoms with Gasteiger partial charge in [-0.05, 0) is 50.6 Å². The number of nitrogens with one attached hydrogen (secondary N) is 1. The maximum atomic E-state index is 13.3. The van der Waals surface area contributed by atoms with Crippen molar-refractivity contribution in [3.8, 4) is 22.6 Å². The number of hydrogen-bond donors (Lipinski definition) is 1. The van der Waals surface area contributed by atoms with Crippen molar-refractivity contribution in [1.29, 1.82) is 0 Å². The highest BCUT2D eigenvalue weighted by molar-refractivity contribution is 7.07. The van der Waals surface area contributed by atoms with E-state index in [0.717, 1.165) is 33.6 Å². The third-order valence-electron chi connectivity index (χ3n) is 5.79. The van der Waals surface area contributed by atoms with Gasteiger partial charge in [-0.2, -0.15) is 0 Å². The molecule has 5 aromatic rings. The zero-order valence-corrected chi connectivity index (χ0v) is 19.4. The number of aryl methyl sites for hydroxylation is 1. The molecule has 3 aromatic heterocycles. The molecule has 33 heavy (non-hydrogen) atoms. The largest absolute Gasteiger partial charge is 0.455 e. The molecule has 0 fully saturated rings. The second-order valence-electron chi connectivity index (χ2n) is 8.14. The predicted octanol–water partition coefficient (Wildman–Crippen LogP) is 6.77. The summed E-state index contributed by atoms with van der Waals surface area (Å²) in [6, 6.07) is 15.7. The van der Waals surface area contributed by atoms with Gasteiger partial charge in [0.15, 0.2) is 5.43 Å². The Kier molecular flexibility index (Phi) is 5.52. The van der Waals surface area contributed by atoms with E-state index in [1.54, 1.807) is 30.7 Å². The highest BCUT2D eigenvalue weighted by atomic mass is 32.1. The molecule has 0 saturated heterocycles. The van der Waals surface area contributed by atoms with E-state index in [-0.39, 0.29) is 11.5 Å². The molecule has 1 N–H and O–H groups in total. The van der Waals surface area contributed by atoms with Crippen LogP contribution in [0.1, 0.15) is 29.7 Å². The highest BCUT2D eigenvalue weighted by Crippen LogP contribution is 2.34. The summed E-state index contributed by atoms with van der Waals surface area (Å²) < 4.78 is 6.42. The van der Waals surface area contributed by atoms with Gasteiger partial charge in [0, 0.05) is 45.7 Å². The van der Waals surface area contributed by atoms with Crippen LogP contribution in [-0.4, -0.2) is 9.97 Å². The van der Waals surface area contributed by atoms with Crippen molar-refractivity contribution in [2.24, 2.45) is 0 Å². The van der Waals surface area contributed by atoms with Gasteiger partial charge in [0.25, 0.3) is 0 Å². The van der Waals surface area contributed by atoms with E-state index in [1.807, 2.05) is 54.2 Å². The molecular weight excluding hydrogens is 430 g/mol. The van der Waals surface area contributed by atoms with Gasteiger partial charge < -0.3 is 9.73 Å². The second kappa shape index (κ2) is 8.64. The third kappa shape index (κ3) is 3.94. The fourth-order valence-electron chi connectivity index (χ4n) is 4.15. The van der Waals surface area contributed by atoms with Crippen LogP contribution >= 0.6 is 11.3 Å². The minimum absolute atomic E-state index is 0.0184. The molecule has 3 heterocycles. The van der Waals surface area contributed by atoms with Gasteiger partial charge in [-0.1, -0.05) is 24.3 Å². The van der Waals surface area contributed by atoms with E-state index in [0.29, 0.717) is 22.3 Å². The van der Waals surface area contributed by atoms with Gasteiger partial charge >= 0.3 is 0 Å². The summed E-state index contributed by atoms with van der Waals surface area (Å²) >= 11 is 1.57. The first-order valence-corrected chi connectivity index (χ1v) is 11.7. The first kappa shape index (κ1) is 21.1. The fourth-order valence-corrected chi connectivity index (χ4v) is 4.70. The maximum Gasteiger partial charge on any atom is 0.196 e. The number of fused-ring (bicyclic) bond motifs is 1. The van der Waals surface area contributed by atoms with E-state index in [9.17, 15) is 4.79 Å². The highest BCUT2D eigenvalue weighted by Gasteiger charge is 2.20. The Bertz CT molecular complexity index is 1490. The van der Waals surface area contributed by atoms with E-state index < -0.39 is 0 Å². The lowest BCUT2D eigenvalue weighted by atomic mass is 9.98. The lowest BCUT2D eigenvalue weighted by Gasteiger charge is -2.20. The van der Waals surface area contributed by atoms with Crippen LogP contribution in [0.4, 0.5) is 5.69 Å². The van der Waals surface area contributed by atoms with Crippen LogP contribution in [0.15, 0.2) is 81.0 Å². The van der Waals surface area contributed by atoms with Crippen LogP contribution in [0.2, 0.25) is 0 Å². The molecule has 0 aliphatic rings. The Balaban J connectivity index is 1.64. The van der Waals surface area contributed by atoms with Crippen LogP contribution in [0.25, 0.3) is 33.6 Å². The topological polar surface area (TPSA) is 68.0 Å². The van der Waals surface area contributed by atoms with E-state index in [2.05, 4.69) is 34.3 Å². The number of para-hydroxylation sites is 1. The number of hydrogen-bond acceptors (Lipinski definition) is 6. The lowest BCUT2D eigenvalue weighted by Crippen LogP contribution is -2.12. The Morgan fingerprint density at radius 3 is 2.70 bits per heavy atom. The zero-order valence-electron chi connectivity index (χ0n) is 18.6. The molecular formula is C27H23N3O2S. The minimum Gasteiger partial charge on any atom is -0.455 e. The number of rotatable bonds is 5. The number of nitrogens with zero attached hydrogens (tertiary/aromatic N) is 2. The Labute approximate surface area is 195 Å². The predicted molar refractivity (Wildman–Crippen MR) is 135 cm³/mol. The molecule has 0 spiro atoms. The Hall–Kier alpha value is -3.77. The molecule has 0 aliphatic carbocycles. The van der Waals surface area contributed by atoms with Crippen LogP contribution < -0.4 is 10.7 Å². The summed E-state index contributed by atoms with van der Waals surface area (Å²) in [5.41, 5.74) is 8.68. The van der Waals surface area contributed by atoms with Crippen molar-refractivity contribution in [3.63, 3.8) is 0 Å². The summed E-state index contributed by atoms with van der Waals surface area (Å²) in [6.45, 7) is 5.89. The van der Waals surface area contributed by atoms with Crippen molar-refractivity contribution in [2.45, 2.75) is 26.8 Å². The minimum atomic E-state index is -0.111.